The molecule has 1 aliphatic rings. The lowest BCUT2D eigenvalue weighted by atomic mass is 10.1. The van der Waals surface area contributed by atoms with E-state index in [9.17, 15) is 14.4 Å². The number of carbonyl (C=O) groups is 3. The van der Waals surface area contributed by atoms with Crippen molar-refractivity contribution in [3.8, 4) is 6.01 Å². The number of fused-ring (bicyclic) bond motifs is 1. The molecule has 3 heterocycles. The number of benzene rings is 1. The molecule has 2 aromatic heterocycles. The quantitative estimate of drug-likeness (QED) is 0.160. The standard InChI is InChI=1S/C25H27ClN4O8/c1-14(31)35-12-18-20(36-15(2)32)21(37-16(3)33)24(38-18)30-13-27-19-22(26)28-25(29-23(19)30)34-11-7-10-17-8-5-4-6-9-17/h4-6,8-9,13,18,20-21,24H,7,10-12H2,1-3H3/t18-,20-,21-,24-/m1/s1. The van der Waals surface area contributed by atoms with Crippen molar-refractivity contribution < 1.29 is 38.1 Å². The lowest BCUT2D eigenvalue weighted by Crippen LogP contribution is -2.40. The van der Waals surface area contributed by atoms with Gasteiger partial charge in [0.05, 0.1) is 12.9 Å². The minimum atomic E-state index is -1.10. The van der Waals surface area contributed by atoms with Gasteiger partial charge in [0.25, 0.3) is 0 Å². The van der Waals surface area contributed by atoms with Crippen LogP contribution < -0.4 is 4.74 Å². The van der Waals surface area contributed by atoms with Crippen LogP contribution in [0.4, 0.5) is 0 Å². The number of esters is 3. The summed E-state index contributed by atoms with van der Waals surface area (Å²) in [7, 11) is 0. The molecule has 202 valence electrons. The highest BCUT2D eigenvalue weighted by atomic mass is 35.5. The number of hydrogen-bond donors (Lipinski definition) is 0. The third kappa shape index (κ3) is 6.56. The Morgan fingerprint density at radius 2 is 1.71 bits per heavy atom. The minimum Gasteiger partial charge on any atom is -0.463 e. The van der Waals surface area contributed by atoms with Crippen LogP contribution in [0.3, 0.4) is 0 Å². The van der Waals surface area contributed by atoms with Gasteiger partial charge in [-0.15, -0.1) is 0 Å². The van der Waals surface area contributed by atoms with Crippen molar-refractivity contribution >= 4 is 40.7 Å². The van der Waals surface area contributed by atoms with Crippen LogP contribution in [-0.2, 0) is 39.8 Å². The summed E-state index contributed by atoms with van der Waals surface area (Å²) in [6.45, 7) is 3.77. The number of rotatable bonds is 10. The molecule has 4 rings (SSSR count). The topological polar surface area (TPSA) is 141 Å². The fraction of sp³-hybridized carbons (Fsp3) is 0.440. The largest absolute Gasteiger partial charge is 0.463 e. The fourth-order valence-corrected chi connectivity index (χ4v) is 4.32. The lowest BCUT2D eigenvalue weighted by molar-refractivity contribution is -0.166. The molecule has 1 fully saturated rings. The van der Waals surface area contributed by atoms with Gasteiger partial charge in [-0.2, -0.15) is 9.97 Å². The molecule has 12 nitrogen and oxygen atoms in total. The minimum absolute atomic E-state index is 0.0346. The van der Waals surface area contributed by atoms with Crippen molar-refractivity contribution in [2.75, 3.05) is 13.2 Å². The molecule has 1 saturated heterocycles. The van der Waals surface area contributed by atoms with Gasteiger partial charge < -0.3 is 23.7 Å². The van der Waals surface area contributed by atoms with E-state index in [4.69, 9.17) is 35.3 Å². The number of aromatic nitrogens is 4. The number of ether oxygens (including phenoxy) is 5. The average Bonchev–Trinajstić information content (AvgIpc) is 3.42. The Hall–Kier alpha value is -3.77. The van der Waals surface area contributed by atoms with Crippen molar-refractivity contribution in [2.24, 2.45) is 0 Å². The van der Waals surface area contributed by atoms with Gasteiger partial charge in [-0.05, 0) is 18.4 Å². The third-order valence-electron chi connectivity index (χ3n) is 5.66. The highest BCUT2D eigenvalue weighted by molar-refractivity contribution is 6.33. The number of aryl methyl sites for hydroxylation is 1. The molecule has 4 atom stereocenters. The summed E-state index contributed by atoms with van der Waals surface area (Å²) in [5, 5.41) is 0.0573. The number of carbonyl (C=O) groups excluding carboxylic acids is 3. The molecule has 0 bridgehead atoms. The normalized spacial score (nSPS) is 20.7. The second-order valence-corrected chi connectivity index (χ2v) is 8.93. The van der Waals surface area contributed by atoms with Crippen LogP contribution in [0.1, 0.15) is 39.0 Å². The summed E-state index contributed by atoms with van der Waals surface area (Å²) < 4.78 is 29.3. The average molecular weight is 547 g/mol. The Morgan fingerprint density at radius 3 is 2.39 bits per heavy atom. The van der Waals surface area contributed by atoms with E-state index in [0.29, 0.717) is 6.61 Å². The van der Waals surface area contributed by atoms with Crippen molar-refractivity contribution in [3.05, 3.63) is 47.4 Å². The Balaban J connectivity index is 1.59. The summed E-state index contributed by atoms with van der Waals surface area (Å²) in [6.07, 6.45) is -1.20. The summed E-state index contributed by atoms with van der Waals surface area (Å²) >= 11 is 6.36. The molecule has 3 aromatic rings. The van der Waals surface area contributed by atoms with E-state index in [2.05, 4.69) is 15.0 Å². The first-order valence-corrected chi connectivity index (χ1v) is 12.3. The molecule has 1 aromatic carbocycles. The van der Waals surface area contributed by atoms with E-state index >= 15 is 0 Å². The smallest absolute Gasteiger partial charge is 0.319 e. The van der Waals surface area contributed by atoms with Gasteiger partial charge in [0.2, 0.25) is 0 Å². The molecule has 0 amide bonds. The SMILES string of the molecule is CC(=O)OC[C@H]1O[C@@H](n2cnc3c(Cl)nc(OCCCc4ccccc4)nc32)[C@H](OC(C)=O)[C@@H]1OC(C)=O. The molecule has 0 radical (unpaired) electrons. The van der Waals surface area contributed by atoms with Gasteiger partial charge in [0.15, 0.2) is 29.2 Å². The van der Waals surface area contributed by atoms with Crippen LogP contribution in [0, 0.1) is 0 Å². The number of imidazole rings is 1. The van der Waals surface area contributed by atoms with Crippen LogP contribution in [0.25, 0.3) is 11.2 Å². The second-order valence-electron chi connectivity index (χ2n) is 8.57. The zero-order chi connectivity index (χ0) is 27.2. The van der Waals surface area contributed by atoms with Gasteiger partial charge in [-0.25, -0.2) is 4.98 Å². The zero-order valence-corrected chi connectivity index (χ0v) is 21.8. The van der Waals surface area contributed by atoms with E-state index in [1.807, 2.05) is 30.3 Å². The molecule has 0 N–H and O–H groups in total. The second kappa shape index (κ2) is 12.2. The first-order valence-electron chi connectivity index (χ1n) is 11.9. The van der Waals surface area contributed by atoms with Crippen LogP contribution in [-0.4, -0.2) is 69.0 Å². The number of halogens is 1. The van der Waals surface area contributed by atoms with Gasteiger partial charge in [0, 0.05) is 20.8 Å². The van der Waals surface area contributed by atoms with Crippen molar-refractivity contribution in [3.63, 3.8) is 0 Å². The van der Waals surface area contributed by atoms with Gasteiger partial charge in [-0.3, -0.25) is 19.0 Å². The molecule has 0 unspecified atom stereocenters. The van der Waals surface area contributed by atoms with Gasteiger partial charge >= 0.3 is 23.9 Å². The number of nitrogens with zero attached hydrogens (tertiary/aromatic N) is 4. The summed E-state index contributed by atoms with van der Waals surface area (Å²) in [4.78, 5) is 48.1. The van der Waals surface area contributed by atoms with Crippen LogP contribution in [0.2, 0.25) is 5.15 Å². The first-order chi connectivity index (χ1) is 18.2. The molecule has 0 spiro atoms. The third-order valence-corrected chi connectivity index (χ3v) is 5.92. The van der Waals surface area contributed by atoms with E-state index in [1.165, 1.54) is 37.2 Å². The van der Waals surface area contributed by atoms with E-state index in [1.54, 1.807) is 0 Å². The number of hydrogen-bond acceptors (Lipinski definition) is 11. The Morgan fingerprint density at radius 1 is 1.00 bits per heavy atom. The maximum Gasteiger partial charge on any atom is 0.319 e. The summed E-state index contributed by atoms with van der Waals surface area (Å²) in [6, 6.07) is 10.0. The molecule has 13 heteroatoms. The molecular weight excluding hydrogens is 520 g/mol. The molecule has 38 heavy (non-hydrogen) atoms. The molecule has 0 saturated carbocycles. The summed E-state index contributed by atoms with van der Waals surface area (Å²) in [5.74, 6) is -1.81. The Kier molecular flexibility index (Phi) is 8.74. The maximum atomic E-state index is 11.9. The summed E-state index contributed by atoms with van der Waals surface area (Å²) in [5.41, 5.74) is 1.70. The van der Waals surface area contributed by atoms with Crippen molar-refractivity contribution in [2.45, 2.75) is 58.2 Å². The van der Waals surface area contributed by atoms with Crippen LogP contribution >= 0.6 is 11.6 Å². The Bertz CT molecular complexity index is 1300. The van der Waals surface area contributed by atoms with E-state index < -0.39 is 42.4 Å². The first kappa shape index (κ1) is 27.3. The highest BCUT2D eigenvalue weighted by Gasteiger charge is 2.51. The fourth-order valence-electron chi connectivity index (χ4n) is 4.12. The monoisotopic (exact) mass is 546 g/mol. The van der Waals surface area contributed by atoms with Gasteiger partial charge in [0.1, 0.15) is 18.2 Å². The maximum absolute atomic E-state index is 11.9. The molecular formula is C25H27ClN4O8. The predicted octanol–water partition coefficient (Wildman–Crippen LogP) is 2.82. The zero-order valence-electron chi connectivity index (χ0n) is 21.0. The van der Waals surface area contributed by atoms with Crippen molar-refractivity contribution in [1.29, 1.82) is 0 Å². The Labute approximate surface area is 223 Å². The van der Waals surface area contributed by atoms with E-state index in [-0.39, 0.29) is 28.9 Å². The predicted molar refractivity (Wildman–Crippen MR) is 132 cm³/mol. The van der Waals surface area contributed by atoms with E-state index in [0.717, 1.165) is 12.8 Å². The highest BCUT2D eigenvalue weighted by Crippen LogP contribution is 2.36. The van der Waals surface area contributed by atoms with Crippen LogP contribution in [0.5, 0.6) is 6.01 Å². The van der Waals surface area contributed by atoms with Gasteiger partial charge in [-0.1, -0.05) is 41.9 Å². The molecule has 0 aliphatic carbocycles. The molecule has 1 aliphatic heterocycles. The lowest BCUT2D eigenvalue weighted by Gasteiger charge is -2.23. The van der Waals surface area contributed by atoms with Crippen molar-refractivity contribution in [1.82, 2.24) is 19.5 Å². The van der Waals surface area contributed by atoms with Crippen LogP contribution in [0.15, 0.2) is 36.7 Å².